The SMILES string of the molecule is CC(=O)OCC(=O)C[C@H](C)CCC=C(C)C. The molecule has 0 aliphatic rings. The highest BCUT2D eigenvalue weighted by Crippen LogP contribution is 2.12. The number of ketones is 1. The van der Waals surface area contributed by atoms with Gasteiger partial charge in [0.1, 0.15) is 6.61 Å². The lowest BCUT2D eigenvalue weighted by atomic mass is 9.99. The number of rotatable bonds is 7. The van der Waals surface area contributed by atoms with Gasteiger partial charge in [0, 0.05) is 13.3 Å². The van der Waals surface area contributed by atoms with Gasteiger partial charge in [0.05, 0.1) is 0 Å². The summed E-state index contributed by atoms with van der Waals surface area (Å²) >= 11 is 0. The molecule has 0 aliphatic carbocycles. The lowest BCUT2D eigenvalue weighted by molar-refractivity contribution is -0.146. The van der Waals surface area contributed by atoms with Crippen molar-refractivity contribution in [3.63, 3.8) is 0 Å². The Kier molecular flexibility index (Phi) is 7.52. The number of esters is 1. The maximum absolute atomic E-state index is 11.4. The molecule has 0 saturated carbocycles. The lowest BCUT2D eigenvalue weighted by Crippen LogP contribution is -2.14. The normalized spacial score (nSPS) is 11.8. The van der Waals surface area contributed by atoms with Gasteiger partial charge in [-0.3, -0.25) is 9.59 Å². The fourth-order valence-corrected chi connectivity index (χ4v) is 1.39. The Labute approximate surface area is 97.9 Å². The summed E-state index contributed by atoms with van der Waals surface area (Å²) in [6.45, 7) is 7.41. The zero-order chi connectivity index (χ0) is 12.6. The van der Waals surface area contributed by atoms with Crippen molar-refractivity contribution in [2.24, 2.45) is 5.92 Å². The molecule has 0 aliphatic heterocycles. The first-order chi connectivity index (χ1) is 7.41. The van der Waals surface area contributed by atoms with Crippen LogP contribution in [0.3, 0.4) is 0 Å². The Morgan fingerprint density at radius 3 is 2.38 bits per heavy atom. The number of hydrogen-bond acceptors (Lipinski definition) is 3. The summed E-state index contributed by atoms with van der Waals surface area (Å²) in [4.78, 5) is 21.9. The summed E-state index contributed by atoms with van der Waals surface area (Å²) < 4.78 is 4.65. The Balaban J connectivity index is 3.70. The first-order valence-electron chi connectivity index (χ1n) is 5.70. The van der Waals surface area contributed by atoms with E-state index in [0.29, 0.717) is 12.3 Å². The second kappa shape index (κ2) is 8.08. The van der Waals surface area contributed by atoms with Gasteiger partial charge in [-0.2, -0.15) is 0 Å². The van der Waals surface area contributed by atoms with Gasteiger partial charge in [-0.1, -0.05) is 18.6 Å². The van der Waals surface area contributed by atoms with Gasteiger partial charge in [0.25, 0.3) is 0 Å². The minimum Gasteiger partial charge on any atom is -0.458 e. The molecule has 0 saturated heterocycles. The zero-order valence-corrected chi connectivity index (χ0v) is 10.7. The molecule has 0 aromatic heterocycles. The number of carbonyl (C=O) groups excluding carboxylic acids is 2. The quantitative estimate of drug-likeness (QED) is 0.495. The van der Waals surface area contributed by atoms with Gasteiger partial charge in [-0.05, 0) is 32.6 Å². The summed E-state index contributed by atoms with van der Waals surface area (Å²) in [5, 5.41) is 0. The largest absolute Gasteiger partial charge is 0.458 e. The summed E-state index contributed by atoms with van der Waals surface area (Å²) in [6.07, 6.45) is 4.66. The topological polar surface area (TPSA) is 43.4 Å². The van der Waals surface area contributed by atoms with E-state index >= 15 is 0 Å². The molecular weight excluding hydrogens is 204 g/mol. The number of allylic oxidation sites excluding steroid dienone is 2. The molecular formula is C13H22O3. The molecule has 1 atom stereocenters. The first kappa shape index (κ1) is 14.9. The summed E-state index contributed by atoms with van der Waals surface area (Å²) in [6, 6.07) is 0. The van der Waals surface area contributed by atoms with E-state index in [1.54, 1.807) is 0 Å². The van der Waals surface area contributed by atoms with Crippen molar-refractivity contribution in [1.82, 2.24) is 0 Å². The molecule has 16 heavy (non-hydrogen) atoms. The van der Waals surface area contributed by atoms with Crippen LogP contribution in [0.25, 0.3) is 0 Å². The van der Waals surface area contributed by atoms with Crippen molar-refractivity contribution in [3.05, 3.63) is 11.6 Å². The molecule has 0 aromatic rings. The van der Waals surface area contributed by atoms with E-state index in [-0.39, 0.29) is 12.4 Å². The van der Waals surface area contributed by atoms with Crippen LogP contribution in [-0.2, 0) is 14.3 Å². The molecule has 0 N–H and O–H groups in total. The summed E-state index contributed by atoms with van der Waals surface area (Å²) in [5.74, 6) is -0.0518. The average molecular weight is 226 g/mol. The molecule has 0 amide bonds. The predicted octanol–water partition coefficient (Wildman–Crippen LogP) is 2.89. The van der Waals surface area contributed by atoms with Gasteiger partial charge < -0.3 is 4.74 Å². The third kappa shape index (κ3) is 9.44. The van der Waals surface area contributed by atoms with Crippen molar-refractivity contribution >= 4 is 11.8 Å². The standard InChI is InChI=1S/C13H22O3/c1-10(2)6-5-7-11(3)8-13(15)9-16-12(4)14/h6,11H,5,7-9H2,1-4H3/t11-/m1/s1. The maximum atomic E-state index is 11.4. The molecule has 0 spiro atoms. The maximum Gasteiger partial charge on any atom is 0.303 e. The molecule has 3 nitrogen and oxygen atoms in total. The minimum absolute atomic E-state index is 0.0000926. The van der Waals surface area contributed by atoms with Gasteiger partial charge in [-0.25, -0.2) is 0 Å². The monoisotopic (exact) mass is 226 g/mol. The second-order valence-corrected chi connectivity index (χ2v) is 4.49. The van der Waals surface area contributed by atoms with Crippen LogP contribution in [0.15, 0.2) is 11.6 Å². The Bertz CT molecular complexity index is 262. The van der Waals surface area contributed by atoms with E-state index in [2.05, 4.69) is 24.7 Å². The third-order valence-corrected chi connectivity index (χ3v) is 2.22. The van der Waals surface area contributed by atoms with E-state index in [1.165, 1.54) is 12.5 Å². The number of ether oxygens (including phenoxy) is 1. The van der Waals surface area contributed by atoms with Gasteiger partial charge in [-0.15, -0.1) is 0 Å². The van der Waals surface area contributed by atoms with Gasteiger partial charge in [0.15, 0.2) is 5.78 Å². The van der Waals surface area contributed by atoms with E-state index in [1.807, 2.05) is 6.92 Å². The van der Waals surface area contributed by atoms with Crippen molar-refractivity contribution in [1.29, 1.82) is 0 Å². The van der Waals surface area contributed by atoms with Crippen LogP contribution in [-0.4, -0.2) is 18.4 Å². The molecule has 0 rings (SSSR count). The van der Waals surface area contributed by atoms with Crippen LogP contribution in [0.2, 0.25) is 0 Å². The van der Waals surface area contributed by atoms with Crippen molar-refractivity contribution in [3.8, 4) is 0 Å². The van der Waals surface area contributed by atoms with Crippen LogP contribution in [0.1, 0.15) is 47.0 Å². The summed E-state index contributed by atoms with van der Waals surface area (Å²) in [7, 11) is 0. The molecule has 0 bridgehead atoms. The predicted molar refractivity (Wildman–Crippen MR) is 64.1 cm³/mol. The van der Waals surface area contributed by atoms with Crippen LogP contribution in [0.4, 0.5) is 0 Å². The fraction of sp³-hybridized carbons (Fsp3) is 0.692. The van der Waals surface area contributed by atoms with Crippen molar-refractivity contribution in [2.45, 2.75) is 47.0 Å². The molecule has 3 heteroatoms. The van der Waals surface area contributed by atoms with Crippen LogP contribution in [0.5, 0.6) is 0 Å². The third-order valence-electron chi connectivity index (χ3n) is 2.22. The van der Waals surface area contributed by atoms with Crippen molar-refractivity contribution < 1.29 is 14.3 Å². The minimum atomic E-state index is -0.398. The first-order valence-corrected chi connectivity index (χ1v) is 5.70. The smallest absolute Gasteiger partial charge is 0.303 e. The van der Waals surface area contributed by atoms with Crippen LogP contribution < -0.4 is 0 Å². The second-order valence-electron chi connectivity index (χ2n) is 4.49. The molecule has 0 unspecified atom stereocenters. The molecule has 0 aromatic carbocycles. The highest BCUT2D eigenvalue weighted by molar-refractivity contribution is 5.82. The summed E-state index contributed by atoms with van der Waals surface area (Å²) in [5.41, 5.74) is 1.30. The fourth-order valence-electron chi connectivity index (χ4n) is 1.39. The van der Waals surface area contributed by atoms with E-state index < -0.39 is 5.97 Å². The lowest BCUT2D eigenvalue weighted by Gasteiger charge is -2.09. The number of Topliss-reactive ketones (excluding diaryl/α,β-unsaturated/α-hetero) is 1. The zero-order valence-electron chi connectivity index (χ0n) is 10.7. The van der Waals surface area contributed by atoms with Crippen LogP contribution in [0, 0.1) is 5.92 Å². The molecule has 92 valence electrons. The van der Waals surface area contributed by atoms with E-state index in [9.17, 15) is 9.59 Å². The highest BCUT2D eigenvalue weighted by Gasteiger charge is 2.09. The Morgan fingerprint density at radius 1 is 1.25 bits per heavy atom. The number of hydrogen-bond donors (Lipinski definition) is 0. The molecule has 0 fully saturated rings. The van der Waals surface area contributed by atoms with Gasteiger partial charge in [0.2, 0.25) is 0 Å². The van der Waals surface area contributed by atoms with Crippen molar-refractivity contribution in [2.75, 3.05) is 6.61 Å². The number of carbonyl (C=O) groups is 2. The molecule has 0 heterocycles. The van der Waals surface area contributed by atoms with Gasteiger partial charge >= 0.3 is 5.97 Å². The Hall–Kier alpha value is -1.12. The Morgan fingerprint density at radius 2 is 1.88 bits per heavy atom. The van der Waals surface area contributed by atoms with Crippen LogP contribution >= 0.6 is 0 Å². The van der Waals surface area contributed by atoms with E-state index in [0.717, 1.165) is 12.8 Å². The van der Waals surface area contributed by atoms with E-state index in [4.69, 9.17) is 0 Å². The molecule has 0 radical (unpaired) electrons. The average Bonchev–Trinajstić information content (AvgIpc) is 2.14. The highest BCUT2D eigenvalue weighted by atomic mass is 16.5.